The molecule has 0 spiro atoms. The van der Waals surface area contributed by atoms with Gasteiger partial charge in [-0.25, -0.2) is 0 Å². The zero-order chi connectivity index (χ0) is 17.5. The molecule has 0 aliphatic carbocycles. The summed E-state index contributed by atoms with van der Waals surface area (Å²) < 4.78 is 0. The van der Waals surface area contributed by atoms with Crippen LogP contribution >= 0.6 is 0 Å². The second-order valence-corrected chi connectivity index (χ2v) is 7.18. The topological polar surface area (TPSA) is 46.3 Å². The molecule has 0 radical (unpaired) electrons. The molecular weight excluding hydrogens is 296 g/mol. The smallest absolute Gasteiger partial charge is 0.230 e. The summed E-state index contributed by atoms with van der Waals surface area (Å²) in [6.45, 7) is 7.28. The number of fused-ring (bicyclic) bond motifs is 1. The van der Waals surface area contributed by atoms with E-state index in [4.69, 9.17) is 5.73 Å². The molecule has 0 fully saturated rings. The summed E-state index contributed by atoms with van der Waals surface area (Å²) in [5.74, 6) is 0.450. The van der Waals surface area contributed by atoms with Crippen molar-refractivity contribution >= 4 is 11.6 Å². The van der Waals surface area contributed by atoms with Crippen molar-refractivity contribution in [1.82, 2.24) is 0 Å². The lowest BCUT2D eigenvalue weighted by atomic mass is 9.93. The summed E-state index contributed by atoms with van der Waals surface area (Å²) >= 11 is 0. The lowest BCUT2D eigenvalue weighted by molar-refractivity contribution is -0.122. The second kappa shape index (κ2) is 9.22. The first-order valence-electron chi connectivity index (χ1n) is 9.79. The maximum Gasteiger partial charge on any atom is 0.230 e. The molecule has 0 saturated carbocycles. The Kier molecular flexibility index (Phi) is 7.29. The molecule has 2 rings (SSSR count). The molecule has 0 aromatic heterocycles. The predicted octanol–water partition coefficient (Wildman–Crippen LogP) is 4.46. The highest BCUT2D eigenvalue weighted by atomic mass is 16.2. The number of nitrogens with two attached hydrogens (primary N) is 1. The van der Waals surface area contributed by atoms with Gasteiger partial charge in [-0.3, -0.25) is 4.79 Å². The third-order valence-electron chi connectivity index (χ3n) is 5.29. The monoisotopic (exact) mass is 330 g/mol. The van der Waals surface area contributed by atoms with Crippen molar-refractivity contribution in [3.63, 3.8) is 0 Å². The summed E-state index contributed by atoms with van der Waals surface area (Å²) in [5, 5.41) is 0. The van der Waals surface area contributed by atoms with Crippen LogP contribution in [0.15, 0.2) is 18.2 Å². The van der Waals surface area contributed by atoms with Crippen molar-refractivity contribution in [1.29, 1.82) is 0 Å². The third-order valence-corrected chi connectivity index (χ3v) is 5.29. The largest absolute Gasteiger partial charge is 0.327 e. The molecule has 1 aromatic carbocycles. The van der Waals surface area contributed by atoms with Gasteiger partial charge < -0.3 is 10.6 Å². The summed E-state index contributed by atoms with van der Waals surface area (Å²) in [5.41, 5.74) is 10.0. The molecule has 0 bridgehead atoms. The van der Waals surface area contributed by atoms with Gasteiger partial charge >= 0.3 is 0 Å². The Bertz CT molecular complexity index is 537. The maximum atomic E-state index is 12.8. The van der Waals surface area contributed by atoms with Gasteiger partial charge in [0.25, 0.3) is 0 Å². The van der Waals surface area contributed by atoms with Crippen LogP contribution in [0.4, 0.5) is 5.69 Å². The van der Waals surface area contributed by atoms with Gasteiger partial charge in [0.2, 0.25) is 5.91 Å². The first kappa shape index (κ1) is 19.0. The Morgan fingerprint density at radius 3 is 2.67 bits per heavy atom. The SMILES string of the molecule is CCCCC(N)Cc1ccc2c(c1)CCCN2C(=O)C(CC)CC. The van der Waals surface area contributed by atoms with Crippen LogP contribution < -0.4 is 10.6 Å². The van der Waals surface area contributed by atoms with E-state index in [1.807, 2.05) is 4.90 Å². The van der Waals surface area contributed by atoms with E-state index in [9.17, 15) is 4.79 Å². The first-order chi connectivity index (χ1) is 11.6. The van der Waals surface area contributed by atoms with E-state index in [1.54, 1.807) is 0 Å². The molecule has 1 heterocycles. The highest BCUT2D eigenvalue weighted by Gasteiger charge is 2.27. The highest BCUT2D eigenvalue weighted by Crippen LogP contribution is 2.30. The van der Waals surface area contributed by atoms with Crippen LogP contribution in [0.5, 0.6) is 0 Å². The van der Waals surface area contributed by atoms with Crippen LogP contribution in [0, 0.1) is 5.92 Å². The highest BCUT2D eigenvalue weighted by molar-refractivity contribution is 5.96. The van der Waals surface area contributed by atoms with E-state index < -0.39 is 0 Å². The molecule has 2 N–H and O–H groups in total. The Morgan fingerprint density at radius 1 is 1.25 bits per heavy atom. The van der Waals surface area contributed by atoms with Gasteiger partial charge in [0.1, 0.15) is 0 Å². The Labute approximate surface area is 147 Å². The number of carbonyl (C=O) groups excluding carboxylic acids is 1. The lowest BCUT2D eigenvalue weighted by Crippen LogP contribution is -2.39. The van der Waals surface area contributed by atoms with E-state index in [2.05, 4.69) is 39.0 Å². The van der Waals surface area contributed by atoms with E-state index in [-0.39, 0.29) is 12.0 Å². The summed E-state index contributed by atoms with van der Waals surface area (Å²) in [6, 6.07) is 6.85. The van der Waals surface area contributed by atoms with Gasteiger partial charge in [-0.05, 0) is 55.7 Å². The van der Waals surface area contributed by atoms with Gasteiger partial charge in [0.15, 0.2) is 0 Å². The molecule has 1 aromatic rings. The molecule has 134 valence electrons. The molecule has 1 atom stereocenters. The van der Waals surface area contributed by atoms with Crippen molar-refractivity contribution in [3.8, 4) is 0 Å². The number of aryl methyl sites for hydroxylation is 1. The number of carbonyl (C=O) groups is 1. The number of benzene rings is 1. The number of hydrogen-bond donors (Lipinski definition) is 1. The quantitative estimate of drug-likeness (QED) is 0.765. The number of rotatable bonds is 8. The molecule has 1 aliphatic rings. The fraction of sp³-hybridized carbons (Fsp3) is 0.667. The lowest BCUT2D eigenvalue weighted by Gasteiger charge is -2.32. The fourth-order valence-electron chi connectivity index (χ4n) is 3.74. The molecule has 1 unspecified atom stereocenters. The summed E-state index contributed by atoms with van der Waals surface area (Å²) in [7, 11) is 0. The number of anilines is 1. The number of unbranched alkanes of at least 4 members (excludes halogenated alkanes) is 1. The molecule has 3 nitrogen and oxygen atoms in total. The van der Waals surface area contributed by atoms with Crippen LogP contribution in [0.3, 0.4) is 0 Å². The maximum absolute atomic E-state index is 12.8. The Hall–Kier alpha value is -1.35. The molecule has 1 amide bonds. The Balaban J connectivity index is 2.13. The van der Waals surface area contributed by atoms with Crippen molar-refractivity contribution < 1.29 is 4.79 Å². The predicted molar refractivity (Wildman–Crippen MR) is 102 cm³/mol. The molecule has 0 saturated heterocycles. The zero-order valence-corrected chi connectivity index (χ0v) is 15.7. The van der Waals surface area contributed by atoms with Crippen molar-refractivity contribution in [2.75, 3.05) is 11.4 Å². The Morgan fingerprint density at radius 2 is 2.00 bits per heavy atom. The standard InChI is InChI=1S/C21H34N2O/c1-4-7-10-19(22)15-16-11-12-20-18(14-16)9-8-13-23(20)21(24)17(5-2)6-3/h11-12,14,17,19H,4-10,13,15,22H2,1-3H3. The summed E-state index contributed by atoms with van der Waals surface area (Å²) in [4.78, 5) is 14.8. The average molecular weight is 331 g/mol. The first-order valence-corrected chi connectivity index (χ1v) is 9.79. The minimum Gasteiger partial charge on any atom is -0.327 e. The van der Waals surface area contributed by atoms with Crippen molar-refractivity contribution in [2.45, 2.75) is 78.2 Å². The van der Waals surface area contributed by atoms with Crippen LogP contribution in [0.2, 0.25) is 0 Å². The van der Waals surface area contributed by atoms with E-state index in [1.165, 1.54) is 24.0 Å². The summed E-state index contributed by atoms with van der Waals surface area (Å²) in [6.07, 6.45) is 8.40. The average Bonchev–Trinajstić information content (AvgIpc) is 2.60. The molecular formula is C21H34N2O. The molecule has 3 heteroatoms. The van der Waals surface area contributed by atoms with Gasteiger partial charge in [-0.1, -0.05) is 45.7 Å². The normalized spacial score (nSPS) is 15.5. The minimum atomic E-state index is 0.151. The van der Waals surface area contributed by atoms with Gasteiger partial charge in [-0.2, -0.15) is 0 Å². The second-order valence-electron chi connectivity index (χ2n) is 7.18. The van der Waals surface area contributed by atoms with Gasteiger partial charge in [0, 0.05) is 24.2 Å². The number of nitrogens with zero attached hydrogens (tertiary/aromatic N) is 1. The number of amides is 1. The minimum absolute atomic E-state index is 0.151. The van der Waals surface area contributed by atoms with E-state index in [0.29, 0.717) is 5.91 Å². The molecule has 24 heavy (non-hydrogen) atoms. The van der Waals surface area contributed by atoms with Crippen molar-refractivity contribution in [2.24, 2.45) is 11.7 Å². The van der Waals surface area contributed by atoms with Crippen LogP contribution in [-0.2, 0) is 17.6 Å². The van der Waals surface area contributed by atoms with Crippen LogP contribution in [-0.4, -0.2) is 18.5 Å². The van der Waals surface area contributed by atoms with Gasteiger partial charge in [0.05, 0.1) is 0 Å². The zero-order valence-electron chi connectivity index (χ0n) is 15.7. The van der Waals surface area contributed by atoms with Gasteiger partial charge in [-0.15, -0.1) is 0 Å². The van der Waals surface area contributed by atoms with Crippen LogP contribution in [0.1, 0.15) is 70.4 Å². The molecule has 1 aliphatic heterocycles. The fourth-order valence-corrected chi connectivity index (χ4v) is 3.74. The van der Waals surface area contributed by atoms with E-state index >= 15 is 0 Å². The van der Waals surface area contributed by atoms with Crippen molar-refractivity contribution in [3.05, 3.63) is 29.3 Å². The van der Waals surface area contributed by atoms with Crippen LogP contribution in [0.25, 0.3) is 0 Å². The van der Waals surface area contributed by atoms with E-state index in [0.717, 1.165) is 50.8 Å². The number of hydrogen-bond acceptors (Lipinski definition) is 2. The third kappa shape index (κ3) is 4.60.